The second-order valence-corrected chi connectivity index (χ2v) is 8.66. The lowest BCUT2D eigenvalue weighted by molar-refractivity contribution is -0.141. The third-order valence-corrected chi connectivity index (χ3v) is 5.90. The molecule has 1 aromatic heterocycles. The summed E-state index contributed by atoms with van der Waals surface area (Å²) in [6.45, 7) is 5.90. The Labute approximate surface area is 202 Å². The number of nitrogens with one attached hydrogen (secondary N) is 2. The SMILES string of the molecule is CCOC(=O)CNC(=O)NCc1nnc(SCc2cccc(C)c2)n1-c1cc(Cl)ccc1C. The lowest BCUT2D eigenvalue weighted by atomic mass is 10.2. The summed E-state index contributed by atoms with van der Waals surface area (Å²) in [5, 5.41) is 15.1. The van der Waals surface area contributed by atoms with Crippen LogP contribution >= 0.6 is 23.4 Å². The van der Waals surface area contributed by atoms with Gasteiger partial charge in [0.1, 0.15) is 6.54 Å². The quantitative estimate of drug-likeness (QED) is 0.347. The molecule has 10 heteroatoms. The van der Waals surface area contributed by atoms with Gasteiger partial charge >= 0.3 is 12.0 Å². The summed E-state index contributed by atoms with van der Waals surface area (Å²) in [5.41, 5.74) is 4.20. The molecule has 2 amide bonds. The summed E-state index contributed by atoms with van der Waals surface area (Å²) in [6.07, 6.45) is 0. The van der Waals surface area contributed by atoms with Crippen LogP contribution < -0.4 is 10.6 Å². The molecule has 3 rings (SSSR count). The maximum Gasteiger partial charge on any atom is 0.325 e. The van der Waals surface area contributed by atoms with Crippen molar-refractivity contribution >= 4 is 35.4 Å². The van der Waals surface area contributed by atoms with Crippen molar-refractivity contribution in [3.63, 3.8) is 0 Å². The Morgan fingerprint density at radius 1 is 1.12 bits per heavy atom. The number of amides is 2. The van der Waals surface area contributed by atoms with E-state index in [0.717, 1.165) is 11.3 Å². The normalized spacial score (nSPS) is 10.7. The summed E-state index contributed by atoms with van der Waals surface area (Å²) < 4.78 is 6.70. The van der Waals surface area contributed by atoms with Gasteiger partial charge in [-0.3, -0.25) is 9.36 Å². The molecule has 3 aromatic rings. The molecule has 1 heterocycles. The zero-order valence-electron chi connectivity index (χ0n) is 18.7. The van der Waals surface area contributed by atoms with E-state index in [1.807, 2.05) is 35.8 Å². The average molecular weight is 488 g/mol. The molecule has 0 unspecified atom stereocenters. The Morgan fingerprint density at radius 3 is 2.70 bits per heavy atom. The number of hydrogen-bond donors (Lipinski definition) is 2. The van der Waals surface area contributed by atoms with Crippen LogP contribution in [0.15, 0.2) is 47.6 Å². The van der Waals surface area contributed by atoms with Crippen LogP contribution in [-0.2, 0) is 21.8 Å². The van der Waals surface area contributed by atoms with Crippen LogP contribution in [0.25, 0.3) is 5.69 Å². The van der Waals surface area contributed by atoms with Gasteiger partial charge in [-0.15, -0.1) is 10.2 Å². The van der Waals surface area contributed by atoms with Crippen molar-refractivity contribution in [1.82, 2.24) is 25.4 Å². The highest BCUT2D eigenvalue weighted by Crippen LogP contribution is 2.28. The molecule has 2 aromatic carbocycles. The Bertz CT molecular complexity index is 1140. The van der Waals surface area contributed by atoms with Crippen LogP contribution in [0.1, 0.15) is 29.4 Å². The number of aromatic nitrogens is 3. The molecular formula is C23H26ClN5O3S. The van der Waals surface area contributed by atoms with Gasteiger partial charge in [0.15, 0.2) is 11.0 Å². The van der Waals surface area contributed by atoms with E-state index in [4.69, 9.17) is 16.3 Å². The minimum Gasteiger partial charge on any atom is -0.465 e. The first-order chi connectivity index (χ1) is 15.9. The molecule has 2 N–H and O–H groups in total. The molecule has 0 atom stereocenters. The molecule has 0 spiro atoms. The van der Waals surface area contributed by atoms with Crippen LogP contribution in [0.4, 0.5) is 4.79 Å². The maximum absolute atomic E-state index is 12.1. The summed E-state index contributed by atoms with van der Waals surface area (Å²) in [7, 11) is 0. The molecule has 0 aliphatic heterocycles. The summed E-state index contributed by atoms with van der Waals surface area (Å²) in [5.74, 6) is 0.756. The molecule has 0 bridgehead atoms. The van der Waals surface area contributed by atoms with Gasteiger partial charge in [0.2, 0.25) is 0 Å². The van der Waals surface area contributed by atoms with E-state index in [0.29, 0.717) is 21.8 Å². The molecule has 0 fully saturated rings. The second kappa shape index (κ2) is 11.7. The van der Waals surface area contributed by atoms with Crippen molar-refractivity contribution in [3.8, 4) is 5.69 Å². The number of halogens is 1. The van der Waals surface area contributed by atoms with Gasteiger partial charge in [-0.2, -0.15) is 0 Å². The fourth-order valence-corrected chi connectivity index (χ4v) is 4.18. The number of carbonyl (C=O) groups excluding carboxylic acids is 2. The molecule has 0 aliphatic carbocycles. The van der Waals surface area contributed by atoms with Crippen molar-refractivity contribution < 1.29 is 14.3 Å². The predicted molar refractivity (Wildman–Crippen MR) is 129 cm³/mol. The van der Waals surface area contributed by atoms with Gasteiger partial charge in [0.25, 0.3) is 0 Å². The highest BCUT2D eigenvalue weighted by Gasteiger charge is 2.17. The fourth-order valence-electron chi connectivity index (χ4n) is 3.11. The van der Waals surface area contributed by atoms with Crippen molar-refractivity contribution in [1.29, 1.82) is 0 Å². The average Bonchev–Trinajstić information content (AvgIpc) is 3.19. The zero-order valence-corrected chi connectivity index (χ0v) is 20.3. The van der Waals surface area contributed by atoms with Crippen molar-refractivity contribution in [2.75, 3.05) is 13.2 Å². The lowest BCUT2D eigenvalue weighted by Crippen LogP contribution is -2.39. The van der Waals surface area contributed by atoms with E-state index < -0.39 is 12.0 Å². The first-order valence-corrected chi connectivity index (χ1v) is 11.8. The van der Waals surface area contributed by atoms with Gasteiger partial charge in [-0.25, -0.2) is 4.79 Å². The van der Waals surface area contributed by atoms with E-state index in [9.17, 15) is 9.59 Å². The number of esters is 1. The third kappa shape index (κ3) is 6.97. The highest BCUT2D eigenvalue weighted by molar-refractivity contribution is 7.98. The molecular weight excluding hydrogens is 462 g/mol. The number of thioether (sulfide) groups is 1. The molecule has 0 saturated heterocycles. The fraction of sp³-hybridized carbons (Fsp3) is 0.304. The smallest absolute Gasteiger partial charge is 0.325 e. The van der Waals surface area contributed by atoms with Crippen LogP contribution in [0, 0.1) is 13.8 Å². The van der Waals surface area contributed by atoms with Crippen molar-refractivity contribution in [3.05, 3.63) is 70.0 Å². The van der Waals surface area contributed by atoms with E-state index >= 15 is 0 Å². The number of nitrogens with zero attached hydrogens (tertiary/aromatic N) is 3. The molecule has 33 heavy (non-hydrogen) atoms. The summed E-state index contributed by atoms with van der Waals surface area (Å²) >= 11 is 7.82. The standard InChI is InChI=1S/C23H26ClN5O3S/c1-4-32-21(30)13-26-22(31)25-12-20-27-28-23(33-14-17-7-5-6-15(2)10-17)29(20)19-11-18(24)9-8-16(19)3/h5-11H,4,12-14H2,1-3H3,(H2,25,26,31). The van der Waals surface area contributed by atoms with Crippen LogP contribution in [0.3, 0.4) is 0 Å². The van der Waals surface area contributed by atoms with Gasteiger partial charge in [0.05, 0.1) is 18.8 Å². The molecule has 0 saturated carbocycles. The Morgan fingerprint density at radius 2 is 1.94 bits per heavy atom. The van der Waals surface area contributed by atoms with Gasteiger partial charge in [-0.1, -0.05) is 59.3 Å². The number of urea groups is 1. The monoisotopic (exact) mass is 487 g/mol. The Balaban J connectivity index is 1.79. The van der Waals surface area contributed by atoms with Gasteiger partial charge in [-0.05, 0) is 44.0 Å². The summed E-state index contributed by atoms with van der Waals surface area (Å²) in [4.78, 5) is 23.6. The third-order valence-electron chi connectivity index (χ3n) is 4.67. The first kappa shape index (κ1) is 24.6. The number of benzene rings is 2. The minimum atomic E-state index is -0.505. The van der Waals surface area contributed by atoms with Gasteiger partial charge < -0.3 is 15.4 Å². The lowest BCUT2D eigenvalue weighted by Gasteiger charge is -2.14. The number of hydrogen-bond acceptors (Lipinski definition) is 6. The highest BCUT2D eigenvalue weighted by atomic mass is 35.5. The van der Waals surface area contributed by atoms with Crippen molar-refractivity contribution in [2.45, 2.75) is 38.2 Å². The summed E-state index contributed by atoms with van der Waals surface area (Å²) in [6, 6.07) is 13.4. The topological polar surface area (TPSA) is 98.1 Å². The Kier molecular flexibility index (Phi) is 8.73. The zero-order chi connectivity index (χ0) is 23.8. The van der Waals surface area contributed by atoms with Crippen LogP contribution in [0.5, 0.6) is 0 Å². The van der Waals surface area contributed by atoms with Crippen molar-refractivity contribution in [2.24, 2.45) is 0 Å². The maximum atomic E-state index is 12.1. The largest absolute Gasteiger partial charge is 0.465 e. The first-order valence-electron chi connectivity index (χ1n) is 10.4. The second-order valence-electron chi connectivity index (χ2n) is 7.28. The van der Waals surface area contributed by atoms with E-state index in [1.54, 1.807) is 18.7 Å². The van der Waals surface area contributed by atoms with E-state index in [2.05, 4.69) is 46.0 Å². The van der Waals surface area contributed by atoms with E-state index in [1.165, 1.54) is 11.1 Å². The Hall–Kier alpha value is -3.04. The van der Waals surface area contributed by atoms with E-state index in [-0.39, 0.29) is 19.7 Å². The molecule has 174 valence electrons. The minimum absolute atomic E-state index is 0.110. The number of ether oxygens (including phenoxy) is 1. The molecule has 0 radical (unpaired) electrons. The predicted octanol–water partition coefficient (Wildman–Crippen LogP) is 4.19. The number of aryl methyl sites for hydroxylation is 2. The van der Waals surface area contributed by atoms with Gasteiger partial charge in [0, 0.05) is 10.8 Å². The van der Waals surface area contributed by atoms with Crippen LogP contribution in [0.2, 0.25) is 5.02 Å². The van der Waals surface area contributed by atoms with Crippen LogP contribution in [-0.4, -0.2) is 39.9 Å². The number of carbonyl (C=O) groups is 2. The molecule has 0 aliphatic rings. The number of rotatable bonds is 9. The molecule has 8 nitrogen and oxygen atoms in total.